The molecule has 3 N–H and O–H groups in total. The summed E-state index contributed by atoms with van der Waals surface area (Å²) in [6.45, 7) is 4.33. The van der Waals surface area contributed by atoms with Gasteiger partial charge in [-0.3, -0.25) is 9.35 Å². The number of rotatable bonds is 27. The van der Waals surface area contributed by atoms with Crippen molar-refractivity contribution in [1.82, 2.24) is 5.32 Å². The minimum Gasteiger partial charge on any atom is -0.387 e. The monoisotopic (exact) mass is 581 g/mol. The van der Waals surface area contributed by atoms with E-state index in [1.807, 2.05) is 6.08 Å². The molecule has 0 bridgehead atoms. The molecule has 2 atom stereocenters. The minimum atomic E-state index is -4.33. The van der Waals surface area contributed by atoms with Gasteiger partial charge in [-0.25, -0.2) is 0 Å². The molecular weight excluding hydrogens is 522 g/mol. The molecule has 0 heterocycles. The first kappa shape index (κ1) is 38.3. The molecule has 0 spiro atoms. The van der Waals surface area contributed by atoms with Crippen molar-refractivity contribution in [2.75, 3.05) is 5.75 Å². The number of hydrogen-bond donors (Lipinski definition) is 3. The van der Waals surface area contributed by atoms with Gasteiger partial charge in [-0.2, -0.15) is 8.42 Å². The van der Waals surface area contributed by atoms with Crippen molar-refractivity contribution in [2.24, 2.45) is 0 Å². The predicted molar refractivity (Wildman–Crippen MR) is 170 cm³/mol. The van der Waals surface area contributed by atoms with E-state index in [1.54, 1.807) is 0 Å². The normalized spacial score (nSPS) is 14.2. The molecule has 2 unspecified atom stereocenters. The lowest BCUT2D eigenvalue weighted by molar-refractivity contribution is -0.122. The third-order valence-corrected chi connectivity index (χ3v) is 7.54. The third-order valence-electron chi connectivity index (χ3n) is 6.76. The van der Waals surface area contributed by atoms with Gasteiger partial charge in [0.15, 0.2) is 0 Å². The number of aliphatic hydroxyl groups is 1. The second-order valence-electron chi connectivity index (χ2n) is 10.7. The first-order chi connectivity index (χ1) is 19.3. The van der Waals surface area contributed by atoms with Crippen molar-refractivity contribution in [3.8, 4) is 0 Å². The summed E-state index contributed by atoms with van der Waals surface area (Å²) < 4.78 is 32.1. The number of nitrogens with one attached hydrogen (secondary N) is 1. The van der Waals surface area contributed by atoms with E-state index in [2.05, 4.69) is 55.6 Å². The van der Waals surface area contributed by atoms with E-state index >= 15 is 0 Å². The van der Waals surface area contributed by atoms with Gasteiger partial charge in [0.05, 0.1) is 17.9 Å². The van der Waals surface area contributed by atoms with E-state index in [9.17, 15) is 22.9 Å². The Kier molecular flexibility index (Phi) is 26.3. The van der Waals surface area contributed by atoms with Crippen molar-refractivity contribution in [3.63, 3.8) is 0 Å². The lowest BCUT2D eigenvalue weighted by Crippen LogP contribution is -2.46. The zero-order valence-electron chi connectivity index (χ0n) is 25.4. The van der Waals surface area contributed by atoms with Gasteiger partial charge in [0, 0.05) is 6.42 Å². The van der Waals surface area contributed by atoms with Crippen molar-refractivity contribution in [2.45, 2.75) is 148 Å². The summed E-state index contributed by atoms with van der Waals surface area (Å²) in [4.78, 5) is 12.4. The molecule has 0 saturated heterocycles. The minimum absolute atomic E-state index is 0.282. The number of aliphatic hydroxyl groups excluding tert-OH is 1. The van der Waals surface area contributed by atoms with Gasteiger partial charge in [0.1, 0.15) is 0 Å². The highest BCUT2D eigenvalue weighted by atomic mass is 32.2. The molecule has 40 heavy (non-hydrogen) atoms. The Morgan fingerprint density at radius 3 is 1.77 bits per heavy atom. The average molecular weight is 582 g/mol. The number of unbranched alkanes of at least 4 members (excludes halogenated alkanes) is 13. The van der Waals surface area contributed by atoms with Crippen LogP contribution in [-0.4, -0.2) is 41.9 Å². The second-order valence-corrected chi connectivity index (χ2v) is 12.2. The Hall–Kier alpha value is -1.70. The number of carbonyl (C=O) groups excluding carboxylic acids is 1. The van der Waals surface area contributed by atoms with Gasteiger partial charge < -0.3 is 10.4 Å². The molecule has 1 amide bonds. The Morgan fingerprint density at radius 2 is 1.20 bits per heavy atom. The highest BCUT2D eigenvalue weighted by Gasteiger charge is 2.24. The molecule has 6 nitrogen and oxygen atoms in total. The summed E-state index contributed by atoms with van der Waals surface area (Å²) in [6.07, 6.45) is 35.3. The topological polar surface area (TPSA) is 104 Å². The van der Waals surface area contributed by atoms with E-state index < -0.39 is 28.0 Å². The fourth-order valence-electron chi connectivity index (χ4n) is 4.40. The first-order valence-electron chi connectivity index (χ1n) is 15.8. The second kappa shape index (κ2) is 27.5. The Morgan fingerprint density at radius 1 is 0.700 bits per heavy atom. The molecule has 0 fully saturated rings. The average Bonchev–Trinajstić information content (AvgIpc) is 2.90. The lowest BCUT2D eigenvalue weighted by atomic mass is 10.1. The highest BCUT2D eigenvalue weighted by Crippen LogP contribution is 2.11. The fraction of sp³-hybridized carbons (Fsp3) is 0.727. The predicted octanol–water partition coefficient (Wildman–Crippen LogP) is 8.40. The SMILES string of the molecule is CC/C=C\C/C=C\C/C=C\CCCCCCCCCC(=O)NC(CS(=O)(=O)O)C(O)/C=C/CCCCCCCC. The first-order valence-corrected chi connectivity index (χ1v) is 17.4. The van der Waals surface area contributed by atoms with Crippen LogP contribution < -0.4 is 5.32 Å². The molecular formula is C33H59NO5S. The van der Waals surface area contributed by atoms with Crippen molar-refractivity contribution in [3.05, 3.63) is 48.6 Å². The smallest absolute Gasteiger partial charge is 0.267 e. The van der Waals surface area contributed by atoms with Gasteiger partial charge in [0.2, 0.25) is 5.91 Å². The van der Waals surface area contributed by atoms with Crippen molar-refractivity contribution in [1.29, 1.82) is 0 Å². The molecule has 0 aromatic heterocycles. The van der Waals surface area contributed by atoms with E-state index in [0.717, 1.165) is 70.6 Å². The Labute approximate surface area is 246 Å². The van der Waals surface area contributed by atoms with Gasteiger partial charge in [-0.05, 0) is 51.4 Å². The Bertz CT molecular complexity index is 817. The molecule has 7 heteroatoms. The summed E-state index contributed by atoms with van der Waals surface area (Å²) >= 11 is 0. The molecule has 0 radical (unpaired) electrons. The molecule has 0 aliphatic rings. The zero-order valence-corrected chi connectivity index (χ0v) is 26.3. The Balaban J connectivity index is 4.02. The fourth-order valence-corrected chi connectivity index (χ4v) is 5.14. The largest absolute Gasteiger partial charge is 0.387 e. The maximum Gasteiger partial charge on any atom is 0.267 e. The molecule has 0 rings (SSSR count). The van der Waals surface area contributed by atoms with Crippen LogP contribution in [0, 0.1) is 0 Å². The van der Waals surface area contributed by atoms with Crippen LogP contribution in [0.4, 0.5) is 0 Å². The number of allylic oxidation sites excluding steroid dienone is 7. The number of carbonyl (C=O) groups is 1. The number of amides is 1. The zero-order chi connectivity index (χ0) is 29.7. The van der Waals surface area contributed by atoms with Gasteiger partial charge in [0.25, 0.3) is 10.1 Å². The molecule has 0 saturated carbocycles. The van der Waals surface area contributed by atoms with Gasteiger partial charge in [-0.15, -0.1) is 0 Å². The summed E-state index contributed by atoms with van der Waals surface area (Å²) in [5, 5.41) is 13.0. The summed E-state index contributed by atoms with van der Waals surface area (Å²) in [5.41, 5.74) is 0. The highest BCUT2D eigenvalue weighted by molar-refractivity contribution is 7.85. The van der Waals surface area contributed by atoms with E-state index in [4.69, 9.17) is 0 Å². The maximum atomic E-state index is 12.4. The van der Waals surface area contributed by atoms with E-state index in [0.29, 0.717) is 0 Å². The van der Waals surface area contributed by atoms with E-state index in [-0.39, 0.29) is 12.3 Å². The van der Waals surface area contributed by atoms with Gasteiger partial charge >= 0.3 is 0 Å². The quantitative estimate of drug-likeness (QED) is 0.0513. The molecule has 0 aromatic carbocycles. The standard InChI is InChI=1S/C33H59NO5S/c1-3-5-7-9-11-13-14-15-16-17-18-19-20-21-23-25-27-29-33(36)34-31(30-40(37,38)39)32(35)28-26-24-22-12-10-8-6-4-2/h5,7,11,13,15-16,26,28,31-32,35H,3-4,6,8-10,12,14,17-25,27,29-30H2,1-2H3,(H,34,36)(H,37,38,39)/b7-5-,13-11-,16-15-,28-26+. The van der Waals surface area contributed by atoms with Crippen LogP contribution in [0.25, 0.3) is 0 Å². The van der Waals surface area contributed by atoms with Crippen LogP contribution in [0.2, 0.25) is 0 Å². The summed E-state index contributed by atoms with van der Waals surface area (Å²) in [5.74, 6) is -1.000. The van der Waals surface area contributed by atoms with Crippen molar-refractivity contribution >= 4 is 16.0 Å². The molecule has 0 aliphatic heterocycles. The van der Waals surface area contributed by atoms with Gasteiger partial charge in [-0.1, -0.05) is 127 Å². The van der Waals surface area contributed by atoms with Crippen LogP contribution >= 0.6 is 0 Å². The lowest BCUT2D eigenvalue weighted by Gasteiger charge is -2.21. The maximum absolute atomic E-state index is 12.4. The summed E-state index contributed by atoms with van der Waals surface area (Å²) in [6, 6.07) is -1.06. The van der Waals surface area contributed by atoms with Crippen LogP contribution in [-0.2, 0) is 14.9 Å². The van der Waals surface area contributed by atoms with E-state index in [1.165, 1.54) is 51.0 Å². The summed E-state index contributed by atoms with van der Waals surface area (Å²) in [7, 11) is -4.33. The molecule has 0 aliphatic carbocycles. The molecule has 232 valence electrons. The van der Waals surface area contributed by atoms with Crippen LogP contribution in [0.1, 0.15) is 136 Å². The van der Waals surface area contributed by atoms with Crippen LogP contribution in [0.15, 0.2) is 48.6 Å². The van der Waals surface area contributed by atoms with Crippen LogP contribution in [0.3, 0.4) is 0 Å². The van der Waals surface area contributed by atoms with Crippen molar-refractivity contribution < 1.29 is 22.9 Å². The molecule has 0 aromatic rings. The third kappa shape index (κ3) is 27.9. The number of hydrogen-bond acceptors (Lipinski definition) is 4. The van der Waals surface area contributed by atoms with Crippen LogP contribution in [0.5, 0.6) is 0 Å².